The van der Waals surface area contributed by atoms with E-state index in [4.69, 9.17) is 33.0 Å². The molecule has 0 aliphatic carbocycles. The first-order valence-corrected chi connectivity index (χ1v) is 22.5. The lowest BCUT2D eigenvalue weighted by molar-refractivity contribution is -0.121. The zero-order chi connectivity index (χ0) is 41.3. The summed E-state index contributed by atoms with van der Waals surface area (Å²) >= 11 is 14.1. The van der Waals surface area contributed by atoms with E-state index >= 15 is 0 Å². The van der Waals surface area contributed by atoms with Crippen LogP contribution in [-0.2, 0) is 34.7 Å². The molecule has 2 aromatic heterocycles. The van der Waals surface area contributed by atoms with Crippen molar-refractivity contribution in [2.45, 2.75) is 64.7 Å². The number of nitrogens with zero attached hydrogens (tertiary/aromatic N) is 4. The Kier molecular flexibility index (Phi) is 19.1. The summed E-state index contributed by atoms with van der Waals surface area (Å²) in [6, 6.07) is 4.19. The molecule has 4 aromatic rings. The molecule has 0 spiro atoms. The highest BCUT2D eigenvalue weighted by molar-refractivity contribution is 7.87. The van der Waals surface area contributed by atoms with E-state index in [0.29, 0.717) is 23.0 Å². The summed E-state index contributed by atoms with van der Waals surface area (Å²) in [6.45, 7) is 0.211. The predicted octanol–water partition coefficient (Wildman–Crippen LogP) is 5.74. The summed E-state index contributed by atoms with van der Waals surface area (Å²) in [6.07, 6.45) is 4.08. The smallest absolute Gasteiger partial charge is 0.280 e. The molecular formula is C35H46Cl2F2N8O8S4. The van der Waals surface area contributed by atoms with Gasteiger partial charge in [-0.2, -0.15) is 34.9 Å². The number of methoxy groups -OCH3 is 1. The van der Waals surface area contributed by atoms with E-state index in [-0.39, 0.29) is 75.2 Å². The van der Waals surface area contributed by atoms with Gasteiger partial charge in [0.2, 0.25) is 11.8 Å². The summed E-state index contributed by atoms with van der Waals surface area (Å²) in [5, 5.41) is 18.6. The highest BCUT2D eigenvalue weighted by Gasteiger charge is 2.44. The van der Waals surface area contributed by atoms with Crippen LogP contribution in [0.3, 0.4) is 0 Å². The third kappa shape index (κ3) is 13.1. The lowest BCUT2D eigenvalue weighted by Gasteiger charge is -2.37. The van der Waals surface area contributed by atoms with Crippen molar-refractivity contribution in [3.05, 3.63) is 91.2 Å². The molecule has 5 N–H and O–H groups in total. The van der Waals surface area contributed by atoms with Gasteiger partial charge in [-0.25, -0.2) is 18.7 Å². The van der Waals surface area contributed by atoms with Crippen molar-refractivity contribution in [3.8, 4) is 0 Å². The van der Waals surface area contributed by atoms with Crippen LogP contribution < -0.4 is 20.1 Å². The maximum Gasteiger partial charge on any atom is 0.280 e. The van der Waals surface area contributed by atoms with Crippen molar-refractivity contribution in [2.75, 3.05) is 44.0 Å². The number of nitrogens with one attached hydrogen (secondary N) is 4. The van der Waals surface area contributed by atoms with Crippen molar-refractivity contribution >= 4 is 89.5 Å². The second-order valence-corrected chi connectivity index (χ2v) is 18.5. The standard InChI is InChI=1S/C17H20ClFN4O4S2.C16H18ClFN4O4S2.2CH4/c1-27-7-2-6-23-15(16(24)21-11-3-4-13(19)12(18)9-11)10-14(22-29(23,25)26)17-20-5-8-28-17;17-11-8-10(2-3-12(11)18)20-15(24)14-9-13(16-19-4-7-27-16)21-28(25,26)22(14)5-1-6-23;;/h3-5,8-9,14-15,22H,2,6-7,10H2,1H3,(H,21,24);2-4,7-8,13-14,21,23H,1,5-6,9H2,(H,20,24);2*1H4. The molecule has 2 amide bonds. The summed E-state index contributed by atoms with van der Waals surface area (Å²) in [5.74, 6) is -2.35. The van der Waals surface area contributed by atoms with Gasteiger partial charge in [0.25, 0.3) is 20.4 Å². The Balaban J connectivity index is 0.000000305. The molecule has 2 saturated heterocycles. The van der Waals surface area contributed by atoms with Gasteiger partial charge in [-0.15, -0.1) is 22.7 Å². The second kappa shape index (κ2) is 22.5. The molecule has 59 heavy (non-hydrogen) atoms. The first-order chi connectivity index (χ1) is 27.1. The molecule has 6 rings (SSSR count). The Labute approximate surface area is 360 Å². The van der Waals surface area contributed by atoms with Crippen molar-refractivity contribution in [1.29, 1.82) is 0 Å². The average Bonchev–Trinajstić information content (AvgIpc) is 3.90. The average molecular weight is 944 g/mol. The number of halogens is 4. The van der Waals surface area contributed by atoms with Crippen molar-refractivity contribution in [3.63, 3.8) is 0 Å². The minimum Gasteiger partial charge on any atom is -0.396 e. The SMILES string of the molecule is C.C.COCCCN1C(C(=O)Nc2ccc(F)c(Cl)c2)CC(c2nccs2)NS1(=O)=O.O=C(Nc1ccc(F)c(Cl)c1)C1CC(c2nccs2)NS(=O)(=O)N1CCCO. The van der Waals surface area contributed by atoms with E-state index in [1.165, 1.54) is 54.0 Å². The van der Waals surface area contributed by atoms with E-state index < -0.39 is 68.0 Å². The normalized spacial score (nSPS) is 21.2. The van der Waals surface area contributed by atoms with E-state index in [9.17, 15) is 35.2 Å². The Hall–Kier alpha value is -3.26. The number of amides is 2. The lowest BCUT2D eigenvalue weighted by atomic mass is 10.1. The molecule has 4 atom stereocenters. The van der Waals surface area contributed by atoms with Gasteiger partial charge in [0.05, 0.1) is 22.1 Å². The quantitative estimate of drug-likeness (QED) is 0.103. The van der Waals surface area contributed by atoms with Gasteiger partial charge in [-0.05, 0) is 62.1 Å². The molecule has 0 saturated carbocycles. The number of carbonyl (C=O) groups excluding carboxylic acids is 2. The van der Waals surface area contributed by atoms with Crippen LogP contribution in [0.15, 0.2) is 59.6 Å². The van der Waals surface area contributed by atoms with Crippen LogP contribution >= 0.6 is 45.9 Å². The molecule has 326 valence electrons. The maximum atomic E-state index is 13.4. The van der Waals surface area contributed by atoms with Crippen LogP contribution in [0.2, 0.25) is 10.0 Å². The number of anilines is 2. The van der Waals surface area contributed by atoms with Crippen LogP contribution in [0.5, 0.6) is 0 Å². The molecule has 2 aliphatic heterocycles. The molecular weight excluding hydrogens is 898 g/mol. The minimum atomic E-state index is -3.98. The Morgan fingerprint density at radius 2 is 1.24 bits per heavy atom. The van der Waals surface area contributed by atoms with Gasteiger partial charge in [-0.3, -0.25) is 9.59 Å². The molecule has 2 aliphatic rings. The van der Waals surface area contributed by atoms with Gasteiger partial charge in [0.1, 0.15) is 33.7 Å². The van der Waals surface area contributed by atoms with Crippen molar-refractivity contribution in [1.82, 2.24) is 28.0 Å². The van der Waals surface area contributed by atoms with Gasteiger partial charge in [0, 0.05) is 67.9 Å². The summed E-state index contributed by atoms with van der Waals surface area (Å²) in [4.78, 5) is 34.2. The third-order valence-electron chi connectivity index (χ3n) is 8.56. The van der Waals surface area contributed by atoms with E-state index in [0.717, 1.165) is 20.7 Å². The number of thiazole rings is 2. The van der Waals surface area contributed by atoms with Gasteiger partial charge in [0.15, 0.2) is 0 Å². The van der Waals surface area contributed by atoms with Gasteiger partial charge < -0.3 is 20.5 Å². The molecule has 0 radical (unpaired) electrons. The number of hydrogen-bond donors (Lipinski definition) is 5. The lowest BCUT2D eigenvalue weighted by Crippen LogP contribution is -2.58. The first-order valence-electron chi connectivity index (χ1n) is 17.1. The number of aliphatic hydroxyl groups is 1. The number of aliphatic hydroxyl groups excluding tert-OH is 1. The monoisotopic (exact) mass is 942 g/mol. The molecule has 2 aromatic carbocycles. The fourth-order valence-corrected chi connectivity index (χ4v) is 11.0. The van der Waals surface area contributed by atoms with Crippen molar-refractivity contribution < 1.29 is 45.0 Å². The third-order valence-corrected chi connectivity index (χ3v) is 14.2. The van der Waals surface area contributed by atoms with Crippen LogP contribution in [0.1, 0.15) is 62.6 Å². The molecule has 16 nitrogen and oxygen atoms in total. The Morgan fingerprint density at radius 1 is 0.814 bits per heavy atom. The summed E-state index contributed by atoms with van der Waals surface area (Å²) in [7, 11) is -6.40. The fourth-order valence-electron chi connectivity index (χ4n) is 5.94. The molecule has 0 bridgehead atoms. The summed E-state index contributed by atoms with van der Waals surface area (Å²) < 4.78 is 90.1. The van der Waals surface area contributed by atoms with Gasteiger partial charge in [-0.1, -0.05) is 38.1 Å². The van der Waals surface area contributed by atoms with E-state index in [1.807, 2.05) is 0 Å². The van der Waals surface area contributed by atoms with Gasteiger partial charge >= 0.3 is 0 Å². The highest BCUT2D eigenvalue weighted by Crippen LogP contribution is 2.33. The number of hydrogen-bond acceptors (Lipinski definition) is 12. The molecule has 4 unspecified atom stereocenters. The van der Waals surface area contributed by atoms with E-state index in [2.05, 4.69) is 30.0 Å². The zero-order valence-electron chi connectivity index (χ0n) is 30.0. The number of benzene rings is 2. The maximum absolute atomic E-state index is 13.4. The highest BCUT2D eigenvalue weighted by atomic mass is 35.5. The zero-order valence-corrected chi connectivity index (χ0v) is 34.8. The minimum absolute atomic E-state index is 0. The number of aromatic nitrogens is 2. The van der Waals surface area contributed by atoms with Crippen LogP contribution in [-0.4, -0.2) is 97.8 Å². The fraction of sp³-hybridized carbons (Fsp3) is 0.429. The largest absolute Gasteiger partial charge is 0.396 e. The first kappa shape index (κ1) is 50.1. The Bertz CT molecular complexity index is 2210. The van der Waals surface area contributed by atoms with Crippen LogP contribution in [0.25, 0.3) is 0 Å². The topological polar surface area (TPSA) is 212 Å². The number of carbonyl (C=O) groups is 2. The second-order valence-electron chi connectivity index (χ2n) is 12.5. The number of rotatable bonds is 13. The molecule has 24 heteroatoms. The molecule has 2 fully saturated rings. The summed E-state index contributed by atoms with van der Waals surface area (Å²) in [5.41, 5.74) is 0.528. The number of ether oxygens (including phenoxy) is 1. The van der Waals surface area contributed by atoms with Crippen LogP contribution in [0, 0.1) is 11.6 Å². The molecule has 4 heterocycles. The van der Waals surface area contributed by atoms with Crippen molar-refractivity contribution in [2.24, 2.45) is 0 Å². The Morgan fingerprint density at radius 3 is 1.59 bits per heavy atom. The van der Waals surface area contributed by atoms with Crippen LogP contribution in [0.4, 0.5) is 20.2 Å². The van der Waals surface area contributed by atoms with E-state index in [1.54, 1.807) is 23.2 Å². The predicted molar refractivity (Wildman–Crippen MR) is 226 cm³/mol.